The molecule has 1 aliphatic rings. The van der Waals surface area contributed by atoms with Crippen LogP contribution >= 0.6 is 0 Å². The van der Waals surface area contributed by atoms with Crippen LogP contribution in [0.1, 0.15) is 25.3 Å². The molecular formula is C24H29N5O4. The zero-order valence-corrected chi connectivity index (χ0v) is 19.2. The Morgan fingerprint density at radius 3 is 2.67 bits per heavy atom. The van der Waals surface area contributed by atoms with E-state index in [1.54, 1.807) is 25.0 Å². The quantitative estimate of drug-likeness (QED) is 0.589. The number of methoxy groups -OCH3 is 2. The molecule has 1 amide bonds. The Morgan fingerprint density at radius 1 is 1.18 bits per heavy atom. The number of ether oxygens (including phenoxy) is 2. The summed E-state index contributed by atoms with van der Waals surface area (Å²) in [6, 6.07) is 9.19. The zero-order valence-electron chi connectivity index (χ0n) is 19.2. The Morgan fingerprint density at radius 2 is 1.97 bits per heavy atom. The molecule has 9 nitrogen and oxygen atoms in total. The molecule has 1 saturated heterocycles. The first kappa shape index (κ1) is 22.6. The molecule has 1 aliphatic heterocycles. The molecule has 1 N–H and O–H groups in total. The van der Waals surface area contributed by atoms with Gasteiger partial charge in [0.15, 0.2) is 11.5 Å². The first-order valence-electron chi connectivity index (χ1n) is 11.1. The summed E-state index contributed by atoms with van der Waals surface area (Å²) in [6.45, 7) is 4.00. The van der Waals surface area contributed by atoms with Gasteiger partial charge in [0.1, 0.15) is 17.0 Å². The molecule has 1 aromatic carbocycles. The molecule has 1 fully saturated rings. The highest BCUT2D eigenvalue weighted by Gasteiger charge is 2.27. The fourth-order valence-corrected chi connectivity index (χ4v) is 4.26. The minimum absolute atomic E-state index is 0.00108. The molecular weight excluding hydrogens is 422 g/mol. The van der Waals surface area contributed by atoms with Crippen molar-refractivity contribution in [3.63, 3.8) is 0 Å². The van der Waals surface area contributed by atoms with Crippen molar-refractivity contribution in [1.29, 1.82) is 0 Å². The summed E-state index contributed by atoms with van der Waals surface area (Å²) in [6.07, 6.45) is 2.97. The van der Waals surface area contributed by atoms with Gasteiger partial charge in [0.05, 0.1) is 14.2 Å². The zero-order chi connectivity index (χ0) is 23.4. The largest absolute Gasteiger partial charge is 0.497 e. The van der Waals surface area contributed by atoms with Gasteiger partial charge in [-0.2, -0.15) is 0 Å². The van der Waals surface area contributed by atoms with Crippen molar-refractivity contribution in [3.05, 3.63) is 52.4 Å². The van der Waals surface area contributed by atoms with Crippen molar-refractivity contribution in [3.8, 4) is 11.5 Å². The van der Waals surface area contributed by atoms with Gasteiger partial charge in [0, 0.05) is 43.9 Å². The number of hydrogen-bond acceptors (Lipinski definition) is 7. The number of aromatic nitrogens is 3. The molecule has 2 aromatic heterocycles. The number of nitrogens with zero attached hydrogens (tertiary/aromatic N) is 4. The molecule has 3 heterocycles. The number of aryl methyl sites for hydroxylation is 1. The predicted molar refractivity (Wildman–Crippen MR) is 126 cm³/mol. The Balaban J connectivity index is 1.42. The number of pyridine rings is 1. The van der Waals surface area contributed by atoms with Gasteiger partial charge >= 0.3 is 0 Å². The maximum Gasteiger partial charge on any atom is 0.295 e. The van der Waals surface area contributed by atoms with E-state index in [0.29, 0.717) is 67.5 Å². The SMILES string of the molecule is CCn1c(=O)c(N2CCC(C(=O)NCc3cc(OC)ccc3OC)CC2)nc2cccnc21. The van der Waals surface area contributed by atoms with Crippen LogP contribution in [0.4, 0.5) is 5.82 Å². The van der Waals surface area contributed by atoms with E-state index in [0.717, 1.165) is 5.56 Å². The average molecular weight is 452 g/mol. The van der Waals surface area contributed by atoms with Crippen LogP contribution in [-0.2, 0) is 17.9 Å². The Hall–Kier alpha value is -3.62. The summed E-state index contributed by atoms with van der Waals surface area (Å²) >= 11 is 0. The minimum atomic E-state index is -0.142. The van der Waals surface area contributed by atoms with Gasteiger partial charge in [-0.3, -0.25) is 14.2 Å². The molecule has 174 valence electrons. The lowest BCUT2D eigenvalue weighted by Crippen LogP contribution is -2.43. The van der Waals surface area contributed by atoms with Gasteiger partial charge in [-0.1, -0.05) is 0 Å². The van der Waals surface area contributed by atoms with Gasteiger partial charge < -0.3 is 19.7 Å². The van der Waals surface area contributed by atoms with Crippen LogP contribution in [0.5, 0.6) is 11.5 Å². The van der Waals surface area contributed by atoms with Gasteiger partial charge in [0.2, 0.25) is 5.91 Å². The number of fused-ring (bicyclic) bond motifs is 1. The lowest BCUT2D eigenvalue weighted by Gasteiger charge is -2.32. The van der Waals surface area contributed by atoms with E-state index in [4.69, 9.17) is 9.47 Å². The molecule has 0 spiro atoms. The number of anilines is 1. The van der Waals surface area contributed by atoms with Crippen molar-refractivity contribution in [2.75, 3.05) is 32.2 Å². The van der Waals surface area contributed by atoms with E-state index in [1.165, 1.54) is 0 Å². The lowest BCUT2D eigenvalue weighted by molar-refractivity contribution is -0.125. The summed E-state index contributed by atoms with van der Waals surface area (Å²) < 4.78 is 12.3. The minimum Gasteiger partial charge on any atom is -0.497 e. The fourth-order valence-electron chi connectivity index (χ4n) is 4.26. The van der Waals surface area contributed by atoms with Crippen LogP contribution < -0.4 is 25.2 Å². The second kappa shape index (κ2) is 9.89. The van der Waals surface area contributed by atoms with Crippen LogP contribution in [0.3, 0.4) is 0 Å². The van der Waals surface area contributed by atoms with Crippen LogP contribution in [-0.4, -0.2) is 47.8 Å². The monoisotopic (exact) mass is 451 g/mol. The first-order chi connectivity index (χ1) is 16.0. The second-order valence-corrected chi connectivity index (χ2v) is 7.99. The van der Waals surface area contributed by atoms with E-state index < -0.39 is 0 Å². The van der Waals surface area contributed by atoms with Gasteiger partial charge in [-0.15, -0.1) is 0 Å². The lowest BCUT2D eigenvalue weighted by atomic mass is 9.96. The molecule has 0 unspecified atom stereocenters. The van der Waals surface area contributed by atoms with E-state index >= 15 is 0 Å². The van der Waals surface area contributed by atoms with Crippen LogP contribution in [0.25, 0.3) is 11.2 Å². The molecule has 0 atom stereocenters. The predicted octanol–water partition coefficient (Wildman–Crippen LogP) is 2.36. The number of nitrogens with one attached hydrogen (secondary N) is 1. The van der Waals surface area contributed by atoms with Crippen molar-refractivity contribution < 1.29 is 14.3 Å². The number of carbonyl (C=O) groups excluding carboxylic acids is 1. The standard InChI is InChI=1S/C24H29N5O4/c1-4-29-21-19(6-5-11-25-21)27-22(24(29)31)28-12-9-16(10-13-28)23(30)26-15-17-14-18(32-2)7-8-20(17)33-3/h5-8,11,14,16H,4,9-10,12-13,15H2,1-3H3,(H,26,30). The van der Waals surface area contributed by atoms with Gasteiger partial charge in [0.25, 0.3) is 5.56 Å². The highest BCUT2D eigenvalue weighted by Crippen LogP contribution is 2.25. The Kier molecular flexibility index (Phi) is 6.76. The first-order valence-corrected chi connectivity index (χ1v) is 11.1. The third kappa shape index (κ3) is 4.62. The summed E-state index contributed by atoms with van der Waals surface area (Å²) in [4.78, 5) is 36.7. The van der Waals surface area contributed by atoms with Crippen LogP contribution in [0, 0.1) is 5.92 Å². The van der Waals surface area contributed by atoms with Crippen molar-refractivity contribution in [2.45, 2.75) is 32.9 Å². The third-order valence-electron chi connectivity index (χ3n) is 6.11. The highest BCUT2D eigenvalue weighted by atomic mass is 16.5. The molecule has 0 radical (unpaired) electrons. The number of rotatable bonds is 7. The van der Waals surface area contributed by atoms with Crippen LogP contribution in [0.15, 0.2) is 41.3 Å². The van der Waals surface area contributed by atoms with E-state index in [1.807, 2.05) is 42.2 Å². The maximum atomic E-state index is 13.0. The summed E-state index contributed by atoms with van der Waals surface area (Å²) in [5, 5.41) is 3.02. The van der Waals surface area contributed by atoms with Crippen molar-refractivity contribution >= 4 is 22.9 Å². The second-order valence-electron chi connectivity index (χ2n) is 7.99. The Labute approximate surface area is 192 Å². The molecule has 3 aromatic rings. The number of piperidine rings is 1. The summed E-state index contributed by atoms with van der Waals surface area (Å²) in [5.41, 5.74) is 2.01. The van der Waals surface area contributed by atoms with Gasteiger partial charge in [-0.05, 0) is 50.1 Å². The van der Waals surface area contributed by atoms with Crippen molar-refractivity contribution in [1.82, 2.24) is 19.9 Å². The Bertz CT molecular complexity index is 1200. The normalized spacial score (nSPS) is 14.3. The average Bonchev–Trinajstić information content (AvgIpc) is 2.86. The number of amides is 1. The number of hydrogen-bond donors (Lipinski definition) is 1. The molecule has 33 heavy (non-hydrogen) atoms. The topological polar surface area (TPSA) is 98.6 Å². The highest BCUT2D eigenvalue weighted by molar-refractivity contribution is 5.79. The summed E-state index contributed by atoms with van der Waals surface area (Å²) in [7, 11) is 3.21. The maximum absolute atomic E-state index is 13.0. The van der Waals surface area contributed by atoms with Crippen LogP contribution in [0.2, 0.25) is 0 Å². The fraction of sp³-hybridized carbons (Fsp3) is 0.417. The molecule has 0 saturated carbocycles. The molecule has 0 aliphatic carbocycles. The molecule has 4 rings (SSSR count). The van der Waals surface area contributed by atoms with E-state index in [9.17, 15) is 9.59 Å². The van der Waals surface area contributed by atoms with Crippen molar-refractivity contribution in [2.24, 2.45) is 5.92 Å². The summed E-state index contributed by atoms with van der Waals surface area (Å²) in [5.74, 6) is 1.73. The smallest absolute Gasteiger partial charge is 0.295 e. The van der Waals surface area contributed by atoms with Gasteiger partial charge in [-0.25, -0.2) is 9.97 Å². The van der Waals surface area contributed by atoms with E-state index in [-0.39, 0.29) is 17.4 Å². The number of carbonyl (C=O) groups is 1. The molecule has 9 heteroatoms. The molecule has 0 bridgehead atoms. The number of benzene rings is 1. The third-order valence-corrected chi connectivity index (χ3v) is 6.11. The van der Waals surface area contributed by atoms with E-state index in [2.05, 4.69) is 15.3 Å².